The molecule has 2 heteroatoms. The van der Waals surface area contributed by atoms with Gasteiger partial charge in [-0.25, -0.2) is 0 Å². The Labute approximate surface area is 94.0 Å². The molecule has 0 fully saturated rings. The number of rotatable bonds is 8. The van der Waals surface area contributed by atoms with Crippen LogP contribution in [0.1, 0.15) is 59.8 Å². The van der Waals surface area contributed by atoms with Crippen molar-refractivity contribution in [3.8, 4) is 0 Å². The van der Waals surface area contributed by atoms with Crippen LogP contribution >= 0.6 is 0 Å². The molecule has 2 nitrogen and oxygen atoms in total. The molecule has 0 spiro atoms. The second kappa shape index (κ2) is 7.61. The van der Waals surface area contributed by atoms with Crippen molar-refractivity contribution in [3.05, 3.63) is 0 Å². The van der Waals surface area contributed by atoms with Crippen LogP contribution < -0.4 is 0 Å². The molecule has 2 atom stereocenters. The third kappa shape index (κ3) is 6.43. The van der Waals surface area contributed by atoms with E-state index in [0.29, 0.717) is 18.3 Å². The monoisotopic (exact) mass is 211 g/mol. The maximum Gasteiger partial charge on any atom is 0.176 e. The van der Waals surface area contributed by atoms with Gasteiger partial charge in [-0.1, -0.05) is 40.0 Å². The molecule has 2 unspecified atom stereocenters. The predicted molar refractivity (Wildman–Crippen MR) is 65.5 cm³/mol. The molecule has 0 aromatic rings. The number of ketones is 1. The van der Waals surface area contributed by atoms with Crippen molar-refractivity contribution in [2.24, 2.45) is 11.8 Å². The summed E-state index contributed by atoms with van der Waals surface area (Å²) in [5.41, 5.74) is 0.205. The Hall–Kier alpha value is -0.660. The van der Waals surface area contributed by atoms with E-state index in [1.165, 1.54) is 12.8 Å². The van der Waals surface area contributed by atoms with E-state index in [0.717, 1.165) is 12.8 Å². The highest BCUT2D eigenvalue weighted by Crippen LogP contribution is 2.22. The molecule has 0 heterocycles. The van der Waals surface area contributed by atoms with Crippen LogP contribution in [0.25, 0.3) is 0 Å². The normalized spacial score (nSPS) is 14.7. The van der Waals surface area contributed by atoms with E-state index < -0.39 is 0 Å². The lowest BCUT2D eigenvalue weighted by atomic mass is 9.87. The van der Waals surface area contributed by atoms with Gasteiger partial charge in [-0.2, -0.15) is 0 Å². The first kappa shape index (κ1) is 14.3. The number of carbonyl (C=O) groups excluding carboxylic acids is 1. The van der Waals surface area contributed by atoms with Gasteiger partial charge in [-0.05, 0) is 25.2 Å². The number of hydrogen-bond donors (Lipinski definition) is 1. The van der Waals surface area contributed by atoms with Crippen molar-refractivity contribution in [1.82, 2.24) is 0 Å². The molecule has 15 heavy (non-hydrogen) atoms. The van der Waals surface area contributed by atoms with E-state index in [9.17, 15) is 4.79 Å². The van der Waals surface area contributed by atoms with Gasteiger partial charge in [0.25, 0.3) is 0 Å². The van der Waals surface area contributed by atoms with Gasteiger partial charge < -0.3 is 5.41 Å². The first-order chi connectivity index (χ1) is 7.01. The van der Waals surface area contributed by atoms with Crippen molar-refractivity contribution in [1.29, 1.82) is 5.41 Å². The molecule has 0 saturated carbocycles. The second-order valence-corrected chi connectivity index (χ2v) is 4.66. The Kier molecular flexibility index (Phi) is 7.27. The highest BCUT2D eigenvalue weighted by Gasteiger charge is 2.16. The third-order valence-electron chi connectivity index (χ3n) is 2.99. The summed E-state index contributed by atoms with van der Waals surface area (Å²) in [6.45, 7) is 8.18. The van der Waals surface area contributed by atoms with E-state index in [1.54, 1.807) is 6.92 Å². The molecule has 0 rings (SSSR count). The Morgan fingerprint density at radius 2 is 1.93 bits per heavy atom. The lowest BCUT2D eigenvalue weighted by Gasteiger charge is -2.18. The van der Waals surface area contributed by atoms with Crippen LogP contribution in [0.3, 0.4) is 0 Å². The summed E-state index contributed by atoms with van der Waals surface area (Å²) >= 11 is 0. The maximum atomic E-state index is 11.4. The quantitative estimate of drug-likeness (QED) is 0.609. The molecule has 0 amide bonds. The molecule has 0 aliphatic rings. The number of Topliss-reactive ketones (excluding diaryl/α,β-unsaturated/α-hetero) is 1. The molecule has 0 radical (unpaired) electrons. The van der Waals surface area contributed by atoms with Crippen LogP contribution in [0.2, 0.25) is 0 Å². The summed E-state index contributed by atoms with van der Waals surface area (Å²) in [5, 5.41) is 7.28. The average Bonchev–Trinajstić information content (AvgIpc) is 2.16. The van der Waals surface area contributed by atoms with E-state index in [2.05, 4.69) is 20.8 Å². The Morgan fingerprint density at radius 3 is 2.33 bits per heavy atom. The van der Waals surface area contributed by atoms with Crippen LogP contribution in [0, 0.1) is 17.2 Å². The van der Waals surface area contributed by atoms with Crippen molar-refractivity contribution in [2.75, 3.05) is 0 Å². The first-order valence-corrected chi connectivity index (χ1v) is 6.09. The highest BCUT2D eigenvalue weighted by molar-refractivity contribution is 6.37. The summed E-state index contributed by atoms with van der Waals surface area (Å²) in [7, 11) is 0. The Morgan fingerprint density at radius 1 is 1.33 bits per heavy atom. The molecule has 88 valence electrons. The second-order valence-electron chi connectivity index (χ2n) is 4.66. The van der Waals surface area contributed by atoms with Gasteiger partial charge >= 0.3 is 0 Å². The molecule has 0 aromatic heterocycles. The van der Waals surface area contributed by atoms with Gasteiger partial charge in [0.2, 0.25) is 0 Å². The minimum absolute atomic E-state index is 0.0190. The number of nitrogens with one attached hydrogen (secondary N) is 1. The summed E-state index contributed by atoms with van der Waals surface area (Å²) in [5.74, 6) is 1.20. The Bertz CT molecular complexity index is 211. The van der Waals surface area contributed by atoms with Gasteiger partial charge in [-0.3, -0.25) is 4.79 Å². The lowest BCUT2D eigenvalue weighted by Crippen LogP contribution is -2.16. The molecule has 0 saturated heterocycles. The van der Waals surface area contributed by atoms with Crippen LogP contribution in [-0.2, 0) is 4.79 Å². The minimum Gasteiger partial charge on any atom is -0.302 e. The maximum absolute atomic E-state index is 11.4. The number of hydrogen-bond acceptors (Lipinski definition) is 2. The largest absolute Gasteiger partial charge is 0.302 e. The first-order valence-electron chi connectivity index (χ1n) is 6.09. The van der Waals surface area contributed by atoms with Gasteiger partial charge in [0, 0.05) is 6.42 Å². The van der Waals surface area contributed by atoms with E-state index >= 15 is 0 Å². The van der Waals surface area contributed by atoms with Crippen molar-refractivity contribution < 1.29 is 4.79 Å². The average molecular weight is 211 g/mol. The molecular weight excluding hydrogens is 186 g/mol. The fourth-order valence-electron chi connectivity index (χ4n) is 1.99. The van der Waals surface area contributed by atoms with Gasteiger partial charge in [0.05, 0.1) is 5.71 Å². The summed E-state index contributed by atoms with van der Waals surface area (Å²) < 4.78 is 0. The van der Waals surface area contributed by atoms with Crippen LogP contribution in [0.5, 0.6) is 0 Å². The molecule has 0 aliphatic carbocycles. The van der Waals surface area contributed by atoms with Crippen LogP contribution in [0.15, 0.2) is 0 Å². The van der Waals surface area contributed by atoms with Crippen LogP contribution in [-0.4, -0.2) is 11.5 Å². The molecule has 0 aromatic carbocycles. The molecule has 0 bridgehead atoms. The van der Waals surface area contributed by atoms with Crippen molar-refractivity contribution in [2.45, 2.75) is 59.8 Å². The fourth-order valence-corrected chi connectivity index (χ4v) is 1.99. The third-order valence-corrected chi connectivity index (χ3v) is 2.99. The van der Waals surface area contributed by atoms with Gasteiger partial charge in [0.1, 0.15) is 0 Å². The van der Waals surface area contributed by atoms with Crippen molar-refractivity contribution in [3.63, 3.8) is 0 Å². The topological polar surface area (TPSA) is 40.9 Å². The SMILES string of the molecule is CCCC(C)CC(CC)CC(=O)C(C)=N. The van der Waals surface area contributed by atoms with Crippen molar-refractivity contribution >= 4 is 11.5 Å². The Balaban J connectivity index is 4.02. The van der Waals surface area contributed by atoms with Gasteiger partial charge in [0.15, 0.2) is 5.78 Å². The summed E-state index contributed by atoms with van der Waals surface area (Å²) in [6.07, 6.45) is 5.21. The standard InChI is InChI=1S/C13H25NO/c1-5-7-10(3)8-12(6-2)9-13(15)11(4)14/h10,12,14H,5-9H2,1-4H3. The van der Waals surface area contributed by atoms with Gasteiger partial charge in [-0.15, -0.1) is 0 Å². The highest BCUT2D eigenvalue weighted by atomic mass is 16.1. The van der Waals surface area contributed by atoms with E-state index in [-0.39, 0.29) is 11.5 Å². The fraction of sp³-hybridized carbons (Fsp3) is 0.846. The molecule has 1 N–H and O–H groups in total. The summed E-state index contributed by atoms with van der Waals surface area (Å²) in [6, 6.07) is 0. The minimum atomic E-state index is 0.0190. The molecule has 0 aliphatic heterocycles. The summed E-state index contributed by atoms with van der Waals surface area (Å²) in [4.78, 5) is 11.4. The zero-order chi connectivity index (χ0) is 11.8. The zero-order valence-corrected chi connectivity index (χ0v) is 10.6. The molecular formula is C13H25NO. The van der Waals surface area contributed by atoms with E-state index in [1.807, 2.05) is 0 Å². The smallest absolute Gasteiger partial charge is 0.176 e. The zero-order valence-electron chi connectivity index (χ0n) is 10.6. The predicted octanol–water partition coefficient (Wildman–Crippen LogP) is 3.84. The lowest BCUT2D eigenvalue weighted by molar-refractivity contribution is -0.114. The van der Waals surface area contributed by atoms with E-state index in [4.69, 9.17) is 5.41 Å². The van der Waals surface area contributed by atoms with Crippen LogP contribution in [0.4, 0.5) is 0 Å². The number of carbonyl (C=O) groups is 1.